The van der Waals surface area contributed by atoms with Gasteiger partial charge in [-0.05, 0) is 37.1 Å². The first-order chi connectivity index (χ1) is 10.5. The van der Waals surface area contributed by atoms with Crippen LogP contribution in [0.1, 0.15) is 24.1 Å². The summed E-state index contributed by atoms with van der Waals surface area (Å²) in [5.41, 5.74) is 3.50. The minimum Gasteiger partial charge on any atom is -0.493 e. The Morgan fingerprint density at radius 3 is 2.55 bits per heavy atom. The number of nitrogens with one attached hydrogen (secondary N) is 2. The molecule has 0 fully saturated rings. The zero-order valence-corrected chi connectivity index (χ0v) is 13.7. The molecule has 2 amide bonds. The largest absolute Gasteiger partial charge is 0.493 e. The molecule has 2 aromatic rings. The minimum atomic E-state index is -0.335. The average molecular weight is 322 g/mol. The molecule has 0 bridgehead atoms. The molecule has 1 unspecified atom stereocenters. The topological polar surface area (TPSA) is 85.4 Å². The third kappa shape index (κ3) is 3.64. The normalized spacial score (nSPS) is 11.6. The molecule has 0 aliphatic heterocycles. The summed E-state index contributed by atoms with van der Waals surface area (Å²) in [6.45, 7) is 3.85. The number of benzene rings is 1. The van der Waals surface area contributed by atoms with Crippen molar-refractivity contribution in [3.05, 3.63) is 28.8 Å². The Kier molecular flexibility index (Phi) is 5.16. The summed E-state index contributed by atoms with van der Waals surface area (Å²) in [6, 6.07) is 3.21. The first-order valence-electron chi connectivity index (χ1n) is 6.61. The molecule has 118 valence electrons. The number of methoxy groups -OCH3 is 2. The molecule has 0 aliphatic carbocycles. The van der Waals surface area contributed by atoms with E-state index in [0.717, 1.165) is 11.1 Å². The number of carbonyl (C=O) groups is 1. The van der Waals surface area contributed by atoms with Gasteiger partial charge in [0.25, 0.3) is 0 Å². The van der Waals surface area contributed by atoms with Crippen molar-refractivity contribution in [2.45, 2.75) is 19.9 Å². The molecule has 1 aromatic carbocycles. The highest BCUT2D eigenvalue weighted by Gasteiger charge is 2.16. The first-order valence-corrected chi connectivity index (χ1v) is 7.49. The van der Waals surface area contributed by atoms with E-state index in [1.54, 1.807) is 19.7 Å². The predicted molar refractivity (Wildman–Crippen MR) is 84.8 cm³/mol. The summed E-state index contributed by atoms with van der Waals surface area (Å²) in [4.78, 5) is 11.9. The number of urea groups is 1. The van der Waals surface area contributed by atoms with E-state index < -0.39 is 0 Å². The summed E-state index contributed by atoms with van der Waals surface area (Å²) >= 11 is 1.26. The van der Waals surface area contributed by atoms with Gasteiger partial charge in [-0.3, -0.25) is 5.32 Å². The van der Waals surface area contributed by atoms with E-state index in [9.17, 15) is 4.79 Å². The molecule has 0 saturated heterocycles. The van der Waals surface area contributed by atoms with Crippen molar-refractivity contribution in [2.24, 2.45) is 0 Å². The van der Waals surface area contributed by atoms with Gasteiger partial charge in [0.15, 0.2) is 11.5 Å². The SMILES string of the molecule is COc1cc(C)c(C(C)NC(=O)Nc2nncs2)cc1OC. The minimum absolute atomic E-state index is 0.201. The smallest absolute Gasteiger partial charge is 0.321 e. The molecule has 2 N–H and O–H groups in total. The number of hydrogen-bond donors (Lipinski definition) is 2. The Hall–Kier alpha value is -2.35. The maximum Gasteiger partial charge on any atom is 0.321 e. The standard InChI is InChI=1S/C14H18N4O3S/c1-8-5-11(20-3)12(21-4)6-10(8)9(2)16-13(19)17-14-18-15-7-22-14/h5-7,9H,1-4H3,(H2,16,17,18,19). The Morgan fingerprint density at radius 1 is 1.27 bits per heavy atom. The van der Waals surface area contributed by atoms with Gasteiger partial charge < -0.3 is 14.8 Å². The lowest BCUT2D eigenvalue weighted by Gasteiger charge is -2.19. The van der Waals surface area contributed by atoms with E-state index in [2.05, 4.69) is 20.8 Å². The Morgan fingerprint density at radius 2 is 1.95 bits per heavy atom. The molecule has 7 nitrogen and oxygen atoms in total. The van der Waals surface area contributed by atoms with Crippen LogP contribution in [0.4, 0.5) is 9.93 Å². The molecule has 1 heterocycles. The van der Waals surface area contributed by atoms with E-state index >= 15 is 0 Å². The highest BCUT2D eigenvalue weighted by atomic mass is 32.1. The lowest BCUT2D eigenvalue weighted by atomic mass is 10.0. The Bertz CT molecular complexity index is 646. The van der Waals surface area contributed by atoms with E-state index in [4.69, 9.17) is 9.47 Å². The van der Waals surface area contributed by atoms with Gasteiger partial charge in [-0.2, -0.15) is 0 Å². The molecule has 0 radical (unpaired) electrons. The third-order valence-electron chi connectivity index (χ3n) is 3.17. The Labute approximate surface area is 132 Å². The van der Waals surface area contributed by atoms with Gasteiger partial charge in [-0.1, -0.05) is 11.3 Å². The fourth-order valence-corrected chi connectivity index (χ4v) is 2.54. The van der Waals surface area contributed by atoms with Crippen LogP contribution in [-0.4, -0.2) is 30.4 Å². The van der Waals surface area contributed by atoms with Gasteiger partial charge in [0.2, 0.25) is 5.13 Å². The quantitative estimate of drug-likeness (QED) is 0.884. The molecule has 1 aromatic heterocycles. The summed E-state index contributed by atoms with van der Waals surface area (Å²) in [7, 11) is 3.17. The monoisotopic (exact) mass is 322 g/mol. The number of rotatable bonds is 5. The number of carbonyl (C=O) groups excluding carboxylic acids is 1. The number of aromatic nitrogens is 2. The number of amides is 2. The van der Waals surface area contributed by atoms with E-state index in [0.29, 0.717) is 16.6 Å². The lowest BCUT2D eigenvalue weighted by Crippen LogP contribution is -2.31. The molecule has 22 heavy (non-hydrogen) atoms. The summed E-state index contributed by atoms with van der Waals surface area (Å²) < 4.78 is 10.6. The van der Waals surface area contributed by atoms with Gasteiger partial charge >= 0.3 is 6.03 Å². The van der Waals surface area contributed by atoms with Crippen LogP contribution >= 0.6 is 11.3 Å². The summed E-state index contributed by atoms with van der Waals surface area (Å²) in [6.07, 6.45) is 0. The van der Waals surface area contributed by atoms with Gasteiger partial charge in [-0.25, -0.2) is 4.79 Å². The number of ether oxygens (including phenoxy) is 2. The molecule has 8 heteroatoms. The van der Waals surface area contributed by atoms with Crippen molar-refractivity contribution in [3.63, 3.8) is 0 Å². The number of nitrogens with zero attached hydrogens (tertiary/aromatic N) is 2. The Balaban J connectivity index is 2.11. The van der Waals surface area contributed by atoms with Gasteiger partial charge in [0.05, 0.1) is 20.3 Å². The van der Waals surface area contributed by atoms with Crippen LogP contribution in [0.5, 0.6) is 11.5 Å². The molecule has 0 aliphatic rings. The predicted octanol–water partition coefficient (Wildman–Crippen LogP) is 2.75. The van der Waals surface area contributed by atoms with Gasteiger partial charge in [0.1, 0.15) is 5.51 Å². The number of anilines is 1. The van der Waals surface area contributed by atoms with Gasteiger partial charge in [-0.15, -0.1) is 10.2 Å². The number of aryl methyl sites for hydroxylation is 1. The molecule has 1 atom stereocenters. The van der Waals surface area contributed by atoms with Crippen LogP contribution in [0.15, 0.2) is 17.6 Å². The fourth-order valence-electron chi connectivity index (χ4n) is 2.10. The molecular formula is C14H18N4O3S. The molecule has 0 spiro atoms. The summed E-state index contributed by atoms with van der Waals surface area (Å²) in [5, 5.41) is 13.4. The van der Waals surface area contributed by atoms with E-state index in [-0.39, 0.29) is 12.1 Å². The molecule has 0 saturated carbocycles. The fraction of sp³-hybridized carbons (Fsp3) is 0.357. The second kappa shape index (κ2) is 7.08. The first kappa shape index (κ1) is 16.0. The average Bonchev–Trinajstić information content (AvgIpc) is 2.99. The maximum atomic E-state index is 11.9. The van der Waals surface area contributed by atoms with Crippen LogP contribution in [0.2, 0.25) is 0 Å². The van der Waals surface area contributed by atoms with Crippen LogP contribution < -0.4 is 20.1 Å². The van der Waals surface area contributed by atoms with Crippen LogP contribution in [-0.2, 0) is 0 Å². The summed E-state index contributed by atoms with van der Waals surface area (Å²) in [5.74, 6) is 1.29. The van der Waals surface area contributed by atoms with E-state index in [1.807, 2.05) is 26.0 Å². The van der Waals surface area contributed by atoms with Gasteiger partial charge in [0, 0.05) is 0 Å². The third-order valence-corrected chi connectivity index (χ3v) is 3.77. The van der Waals surface area contributed by atoms with Crippen LogP contribution in [0.25, 0.3) is 0 Å². The van der Waals surface area contributed by atoms with Crippen molar-refractivity contribution < 1.29 is 14.3 Å². The molecular weight excluding hydrogens is 304 g/mol. The van der Waals surface area contributed by atoms with Crippen molar-refractivity contribution in [3.8, 4) is 11.5 Å². The van der Waals surface area contributed by atoms with Crippen LogP contribution in [0, 0.1) is 6.92 Å². The van der Waals surface area contributed by atoms with E-state index in [1.165, 1.54) is 11.3 Å². The second-order valence-electron chi connectivity index (χ2n) is 4.63. The number of hydrogen-bond acceptors (Lipinski definition) is 6. The molecule has 2 rings (SSSR count). The maximum absolute atomic E-state index is 11.9. The zero-order valence-electron chi connectivity index (χ0n) is 12.8. The van der Waals surface area contributed by atoms with Crippen molar-refractivity contribution >= 4 is 22.5 Å². The highest BCUT2D eigenvalue weighted by molar-refractivity contribution is 7.13. The highest BCUT2D eigenvalue weighted by Crippen LogP contribution is 2.32. The lowest BCUT2D eigenvalue weighted by molar-refractivity contribution is 0.249. The van der Waals surface area contributed by atoms with Crippen molar-refractivity contribution in [1.29, 1.82) is 0 Å². The van der Waals surface area contributed by atoms with Crippen molar-refractivity contribution in [2.75, 3.05) is 19.5 Å². The van der Waals surface area contributed by atoms with Crippen LogP contribution in [0.3, 0.4) is 0 Å². The zero-order chi connectivity index (χ0) is 16.1. The van der Waals surface area contributed by atoms with Crippen molar-refractivity contribution in [1.82, 2.24) is 15.5 Å². The second-order valence-corrected chi connectivity index (χ2v) is 5.46.